The number of carbonyl (C=O) groups excluding carboxylic acids is 1. The van der Waals surface area contributed by atoms with Crippen molar-refractivity contribution in [3.05, 3.63) is 29.3 Å². The van der Waals surface area contributed by atoms with Crippen molar-refractivity contribution in [3.8, 4) is 0 Å². The fourth-order valence-corrected chi connectivity index (χ4v) is 2.27. The molecule has 0 saturated carbocycles. The van der Waals surface area contributed by atoms with Gasteiger partial charge >= 0.3 is 0 Å². The van der Waals surface area contributed by atoms with Gasteiger partial charge in [0, 0.05) is 26.2 Å². The minimum absolute atomic E-state index is 0.0648. The average molecular weight is 300 g/mol. The summed E-state index contributed by atoms with van der Waals surface area (Å²) < 4.78 is 24.2. The fourth-order valence-electron chi connectivity index (χ4n) is 1.55. The molecule has 0 atom stereocenters. The van der Waals surface area contributed by atoms with Crippen LogP contribution >= 0.6 is 0 Å². The third-order valence-corrected chi connectivity index (χ3v) is 4.68. The summed E-state index contributed by atoms with van der Waals surface area (Å²) in [4.78, 5) is 11.9. The highest BCUT2D eigenvalue weighted by Crippen LogP contribution is 2.15. The molecule has 8 heteroatoms. The van der Waals surface area contributed by atoms with Crippen LogP contribution in [0.1, 0.15) is 15.9 Å². The summed E-state index contributed by atoms with van der Waals surface area (Å²) in [5.41, 5.74) is 4.55. The van der Waals surface area contributed by atoms with Gasteiger partial charge in [-0.3, -0.25) is 10.6 Å². The van der Waals surface area contributed by atoms with Gasteiger partial charge in [-0.25, -0.2) is 12.7 Å². The number of nitrogens with two attached hydrogens (primary N) is 1. The Hall–Kier alpha value is -1.64. The van der Waals surface area contributed by atoms with Crippen LogP contribution in [-0.2, 0) is 10.0 Å². The van der Waals surface area contributed by atoms with Gasteiger partial charge in [0.15, 0.2) is 0 Å². The van der Waals surface area contributed by atoms with Gasteiger partial charge in [-0.05, 0) is 30.7 Å². The summed E-state index contributed by atoms with van der Waals surface area (Å²) in [5.74, 6) is 4.87. The second kappa shape index (κ2) is 6.69. The SMILES string of the molecule is Cc1cc(C(=O)NCCS(=O)(=O)N(C)C)ccc1NN. The second-order valence-corrected chi connectivity index (χ2v) is 6.83. The minimum Gasteiger partial charge on any atom is -0.351 e. The van der Waals surface area contributed by atoms with E-state index >= 15 is 0 Å². The average Bonchev–Trinajstić information content (AvgIpc) is 2.38. The lowest BCUT2D eigenvalue weighted by atomic mass is 10.1. The Balaban J connectivity index is 2.62. The molecule has 1 amide bonds. The van der Waals surface area contributed by atoms with Crippen LogP contribution in [0.3, 0.4) is 0 Å². The molecule has 7 nitrogen and oxygen atoms in total. The van der Waals surface area contributed by atoms with Crippen LogP contribution in [0.4, 0.5) is 5.69 Å². The molecule has 0 saturated heterocycles. The van der Waals surface area contributed by atoms with Crippen molar-refractivity contribution in [3.63, 3.8) is 0 Å². The van der Waals surface area contributed by atoms with Crippen LogP contribution in [0.15, 0.2) is 18.2 Å². The van der Waals surface area contributed by atoms with Crippen LogP contribution in [0.2, 0.25) is 0 Å². The van der Waals surface area contributed by atoms with E-state index in [-0.39, 0.29) is 18.2 Å². The van der Waals surface area contributed by atoms with Gasteiger partial charge < -0.3 is 10.7 Å². The molecule has 0 aliphatic heterocycles. The molecule has 0 spiro atoms. The molecule has 4 N–H and O–H groups in total. The smallest absolute Gasteiger partial charge is 0.251 e. The largest absolute Gasteiger partial charge is 0.351 e. The van der Waals surface area contributed by atoms with E-state index in [0.717, 1.165) is 15.6 Å². The summed E-state index contributed by atoms with van der Waals surface area (Å²) in [6.07, 6.45) is 0. The zero-order chi connectivity index (χ0) is 15.3. The number of aryl methyl sites for hydroxylation is 1. The van der Waals surface area contributed by atoms with Crippen molar-refractivity contribution in [2.75, 3.05) is 31.8 Å². The first-order valence-corrected chi connectivity index (χ1v) is 7.64. The molecular weight excluding hydrogens is 280 g/mol. The maximum absolute atomic E-state index is 11.9. The molecule has 1 aromatic carbocycles. The Bertz CT molecular complexity index is 584. The molecule has 0 bridgehead atoms. The first-order valence-electron chi connectivity index (χ1n) is 6.03. The Morgan fingerprint density at radius 1 is 1.35 bits per heavy atom. The normalized spacial score (nSPS) is 11.4. The summed E-state index contributed by atoms with van der Waals surface area (Å²) in [5, 5.41) is 2.58. The molecule has 0 unspecified atom stereocenters. The number of rotatable bonds is 6. The molecule has 1 aromatic rings. The topological polar surface area (TPSA) is 105 Å². The number of hydrogen-bond donors (Lipinski definition) is 3. The molecule has 0 radical (unpaired) electrons. The minimum atomic E-state index is -3.30. The van der Waals surface area contributed by atoms with Crippen LogP contribution in [0.25, 0.3) is 0 Å². The van der Waals surface area contributed by atoms with Crippen LogP contribution < -0.4 is 16.6 Å². The standard InChI is InChI=1S/C12H20N4O3S/c1-9-8-10(4-5-11(9)15-13)12(17)14-6-7-20(18,19)16(2)3/h4-5,8,15H,6-7,13H2,1-3H3,(H,14,17). The molecule has 1 rings (SSSR count). The zero-order valence-electron chi connectivity index (χ0n) is 11.8. The van der Waals surface area contributed by atoms with E-state index in [1.807, 2.05) is 6.92 Å². The van der Waals surface area contributed by atoms with Crippen LogP contribution in [-0.4, -0.2) is 45.0 Å². The van der Waals surface area contributed by atoms with Crippen molar-refractivity contribution in [2.45, 2.75) is 6.92 Å². The number of hydrazine groups is 1. The maximum atomic E-state index is 11.9. The molecule has 0 aliphatic carbocycles. The number of anilines is 1. The zero-order valence-corrected chi connectivity index (χ0v) is 12.6. The van der Waals surface area contributed by atoms with Gasteiger partial charge in [-0.1, -0.05) is 0 Å². The van der Waals surface area contributed by atoms with Crippen molar-refractivity contribution in [1.82, 2.24) is 9.62 Å². The molecule has 20 heavy (non-hydrogen) atoms. The highest BCUT2D eigenvalue weighted by atomic mass is 32.2. The Kier molecular flexibility index (Phi) is 5.49. The number of sulfonamides is 1. The summed E-state index contributed by atoms with van der Waals surface area (Å²) in [6, 6.07) is 5.00. The van der Waals surface area contributed by atoms with Crippen molar-refractivity contribution in [2.24, 2.45) is 5.84 Å². The summed E-state index contributed by atoms with van der Waals surface area (Å²) in [7, 11) is -0.388. The van der Waals surface area contributed by atoms with Gasteiger partial charge in [0.1, 0.15) is 0 Å². The number of nitrogens with zero attached hydrogens (tertiary/aromatic N) is 1. The highest BCUT2D eigenvalue weighted by Gasteiger charge is 2.14. The second-order valence-electron chi connectivity index (χ2n) is 4.53. The molecule has 0 aromatic heterocycles. The van der Waals surface area contributed by atoms with E-state index in [1.54, 1.807) is 18.2 Å². The van der Waals surface area contributed by atoms with Crippen molar-refractivity contribution < 1.29 is 13.2 Å². The van der Waals surface area contributed by atoms with Gasteiger partial charge in [-0.2, -0.15) is 0 Å². The lowest BCUT2D eigenvalue weighted by Crippen LogP contribution is -2.33. The van der Waals surface area contributed by atoms with Gasteiger partial charge in [-0.15, -0.1) is 0 Å². The number of carbonyl (C=O) groups is 1. The predicted octanol–water partition coefficient (Wildman–Crippen LogP) is -0.0982. The first kappa shape index (κ1) is 16.4. The monoisotopic (exact) mass is 300 g/mol. The van der Waals surface area contributed by atoms with Crippen LogP contribution in [0, 0.1) is 6.92 Å². The molecule has 0 fully saturated rings. The lowest BCUT2D eigenvalue weighted by Gasteiger charge is -2.12. The molecule has 0 aliphatic rings. The maximum Gasteiger partial charge on any atom is 0.251 e. The Morgan fingerprint density at radius 2 is 2.00 bits per heavy atom. The highest BCUT2D eigenvalue weighted by molar-refractivity contribution is 7.89. The number of amides is 1. The lowest BCUT2D eigenvalue weighted by molar-refractivity contribution is 0.0956. The van der Waals surface area contributed by atoms with Gasteiger partial charge in [0.2, 0.25) is 10.0 Å². The van der Waals surface area contributed by atoms with E-state index in [2.05, 4.69) is 10.7 Å². The number of nitrogen functional groups attached to an aromatic ring is 1. The first-order chi connectivity index (χ1) is 9.27. The third-order valence-electron chi connectivity index (χ3n) is 2.85. The number of benzene rings is 1. The van der Waals surface area contributed by atoms with E-state index in [9.17, 15) is 13.2 Å². The number of hydrogen-bond acceptors (Lipinski definition) is 5. The van der Waals surface area contributed by atoms with E-state index in [0.29, 0.717) is 5.56 Å². The third kappa shape index (κ3) is 4.19. The Labute approximate surface area is 119 Å². The quantitative estimate of drug-likeness (QED) is 0.503. The van der Waals surface area contributed by atoms with Crippen molar-refractivity contribution >= 4 is 21.6 Å². The Morgan fingerprint density at radius 3 is 2.50 bits per heavy atom. The molecule has 0 heterocycles. The van der Waals surface area contributed by atoms with Gasteiger partial charge in [0.05, 0.1) is 11.4 Å². The summed E-state index contributed by atoms with van der Waals surface area (Å²) in [6.45, 7) is 1.89. The fraction of sp³-hybridized carbons (Fsp3) is 0.417. The molecular formula is C12H20N4O3S. The summed E-state index contributed by atoms with van der Waals surface area (Å²) >= 11 is 0. The van der Waals surface area contributed by atoms with E-state index in [1.165, 1.54) is 14.1 Å². The van der Waals surface area contributed by atoms with E-state index < -0.39 is 10.0 Å². The van der Waals surface area contributed by atoms with Crippen LogP contribution in [0.5, 0.6) is 0 Å². The number of nitrogens with one attached hydrogen (secondary N) is 2. The molecule has 112 valence electrons. The van der Waals surface area contributed by atoms with Gasteiger partial charge in [0.25, 0.3) is 5.91 Å². The predicted molar refractivity (Wildman–Crippen MR) is 78.8 cm³/mol. The van der Waals surface area contributed by atoms with Crippen molar-refractivity contribution in [1.29, 1.82) is 0 Å². The van der Waals surface area contributed by atoms with E-state index in [4.69, 9.17) is 5.84 Å².